The molecule has 0 aliphatic carbocycles. The molecule has 3 heteroatoms. The number of amides is 1. The molecular formula is C14H15NO2. The molecule has 1 heterocycles. The Morgan fingerprint density at radius 3 is 2.47 bits per heavy atom. The number of rotatable bonds is 3. The van der Waals surface area contributed by atoms with E-state index in [1.54, 1.807) is 24.1 Å². The molecule has 88 valence electrons. The van der Waals surface area contributed by atoms with Crippen LogP contribution in [0, 0.1) is 0 Å². The lowest BCUT2D eigenvalue weighted by Gasteiger charge is -2.24. The molecule has 1 atom stereocenters. The van der Waals surface area contributed by atoms with E-state index < -0.39 is 0 Å². The van der Waals surface area contributed by atoms with E-state index >= 15 is 0 Å². The largest absolute Gasteiger partial charge is 0.459 e. The minimum absolute atomic E-state index is 0.0220. The lowest BCUT2D eigenvalue weighted by Crippen LogP contribution is -2.29. The van der Waals surface area contributed by atoms with Crippen molar-refractivity contribution in [2.24, 2.45) is 0 Å². The molecule has 3 nitrogen and oxygen atoms in total. The minimum atomic E-state index is -0.105. The van der Waals surface area contributed by atoms with Crippen molar-refractivity contribution in [2.75, 3.05) is 7.05 Å². The molecule has 1 unspecified atom stereocenters. The number of nitrogens with zero attached hydrogens (tertiary/aromatic N) is 1. The van der Waals surface area contributed by atoms with Crippen LogP contribution in [0.1, 0.15) is 29.1 Å². The Morgan fingerprint density at radius 2 is 1.88 bits per heavy atom. The van der Waals surface area contributed by atoms with Crippen LogP contribution < -0.4 is 0 Å². The van der Waals surface area contributed by atoms with Gasteiger partial charge in [-0.2, -0.15) is 0 Å². The number of hydrogen-bond acceptors (Lipinski definition) is 2. The van der Waals surface area contributed by atoms with Crippen LogP contribution in [0.5, 0.6) is 0 Å². The maximum atomic E-state index is 12.1. The second-order valence-electron chi connectivity index (χ2n) is 3.98. The summed E-state index contributed by atoms with van der Waals surface area (Å²) in [6.45, 7) is 2.00. The first-order chi connectivity index (χ1) is 8.20. The smallest absolute Gasteiger partial charge is 0.289 e. The van der Waals surface area contributed by atoms with Crippen molar-refractivity contribution in [3.63, 3.8) is 0 Å². The van der Waals surface area contributed by atoms with E-state index in [-0.39, 0.29) is 11.9 Å². The van der Waals surface area contributed by atoms with E-state index in [1.807, 2.05) is 37.3 Å². The highest BCUT2D eigenvalue weighted by molar-refractivity contribution is 5.91. The van der Waals surface area contributed by atoms with Crippen LogP contribution in [0.3, 0.4) is 0 Å². The van der Waals surface area contributed by atoms with Crippen LogP contribution in [-0.4, -0.2) is 17.9 Å². The van der Waals surface area contributed by atoms with Gasteiger partial charge in [0, 0.05) is 7.05 Å². The van der Waals surface area contributed by atoms with Gasteiger partial charge >= 0.3 is 0 Å². The predicted octanol–water partition coefficient (Wildman–Crippen LogP) is 3.11. The summed E-state index contributed by atoms with van der Waals surface area (Å²) in [5.74, 6) is 0.265. The summed E-state index contributed by atoms with van der Waals surface area (Å²) in [6.07, 6.45) is 1.51. The highest BCUT2D eigenvalue weighted by Gasteiger charge is 2.20. The van der Waals surface area contributed by atoms with Gasteiger partial charge in [-0.15, -0.1) is 0 Å². The lowest BCUT2D eigenvalue weighted by molar-refractivity contribution is 0.0710. The normalized spacial score (nSPS) is 12.1. The SMILES string of the molecule is CC(c1ccccc1)N(C)C(=O)c1ccco1. The molecule has 0 N–H and O–H groups in total. The third-order valence-corrected chi connectivity index (χ3v) is 2.92. The first-order valence-corrected chi connectivity index (χ1v) is 5.56. The Bertz CT molecular complexity index is 476. The second kappa shape index (κ2) is 4.87. The van der Waals surface area contributed by atoms with E-state index in [0.29, 0.717) is 5.76 Å². The van der Waals surface area contributed by atoms with Gasteiger partial charge in [-0.05, 0) is 24.6 Å². The molecule has 1 amide bonds. The third-order valence-electron chi connectivity index (χ3n) is 2.92. The summed E-state index contributed by atoms with van der Waals surface area (Å²) in [4.78, 5) is 13.7. The Balaban J connectivity index is 2.15. The van der Waals surface area contributed by atoms with Crippen LogP contribution in [0.15, 0.2) is 53.1 Å². The second-order valence-corrected chi connectivity index (χ2v) is 3.98. The maximum Gasteiger partial charge on any atom is 0.289 e. The van der Waals surface area contributed by atoms with Gasteiger partial charge in [0.15, 0.2) is 5.76 Å². The molecule has 1 aromatic carbocycles. The average Bonchev–Trinajstić information content (AvgIpc) is 2.91. The van der Waals surface area contributed by atoms with Gasteiger partial charge in [-0.1, -0.05) is 30.3 Å². The number of hydrogen-bond donors (Lipinski definition) is 0. The quantitative estimate of drug-likeness (QED) is 0.810. The Labute approximate surface area is 101 Å². The first kappa shape index (κ1) is 11.5. The van der Waals surface area contributed by atoms with Gasteiger partial charge in [0.2, 0.25) is 0 Å². The summed E-state index contributed by atoms with van der Waals surface area (Å²) in [6, 6.07) is 13.3. The molecule has 0 radical (unpaired) electrons. The molecule has 0 fully saturated rings. The fraction of sp³-hybridized carbons (Fsp3) is 0.214. The summed E-state index contributed by atoms with van der Waals surface area (Å²) in [5, 5.41) is 0. The van der Waals surface area contributed by atoms with Crippen LogP contribution in [0.4, 0.5) is 0 Å². The van der Waals surface area contributed by atoms with E-state index in [1.165, 1.54) is 6.26 Å². The Kier molecular flexibility index (Phi) is 3.28. The van der Waals surface area contributed by atoms with Crippen molar-refractivity contribution < 1.29 is 9.21 Å². The molecule has 1 aromatic heterocycles. The van der Waals surface area contributed by atoms with Crippen molar-refractivity contribution >= 4 is 5.91 Å². The molecule has 0 saturated carbocycles. The van der Waals surface area contributed by atoms with Crippen molar-refractivity contribution in [1.82, 2.24) is 4.90 Å². The molecule has 0 aliphatic rings. The van der Waals surface area contributed by atoms with Gasteiger partial charge in [0.1, 0.15) is 0 Å². The molecule has 17 heavy (non-hydrogen) atoms. The number of furan rings is 1. The minimum Gasteiger partial charge on any atom is -0.459 e. The molecule has 0 saturated heterocycles. The highest BCUT2D eigenvalue weighted by atomic mass is 16.3. The molecule has 0 bridgehead atoms. The summed E-state index contributed by atoms with van der Waals surface area (Å²) in [7, 11) is 1.78. The van der Waals surface area contributed by atoms with Gasteiger partial charge in [-0.25, -0.2) is 0 Å². The monoisotopic (exact) mass is 229 g/mol. The van der Waals surface area contributed by atoms with Crippen LogP contribution >= 0.6 is 0 Å². The standard InChI is InChI=1S/C14H15NO2/c1-11(12-7-4-3-5-8-12)15(2)14(16)13-9-6-10-17-13/h3-11H,1-2H3. The zero-order chi connectivity index (χ0) is 12.3. The first-order valence-electron chi connectivity index (χ1n) is 5.56. The number of carbonyl (C=O) groups is 1. The van der Waals surface area contributed by atoms with Crippen molar-refractivity contribution in [1.29, 1.82) is 0 Å². The number of carbonyl (C=O) groups excluding carboxylic acids is 1. The summed E-state index contributed by atoms with van der Waals surface area (Å²) >= 11 is 0. The van der Waals surface area contributed by atoms with Crippen LogP contribution in [0.25, 0.3) is 0 Å². The fourth-order valence-electron chi connectivity index (χ4n) is 1.71. The van der Waals surface area contributed by atoms with Crippen molar-refractivity contribution in [3.05, 3.63) is 60.1 Å². The van der Waals surface area contributed by atoms with Crippen LogP contribution in [-0.2, 0) is 0 Å². The van der Waals surface area contributed by atoms with Gasteiger partial charge in [-0.3, -0.25) is 4.79 Å². The maximum absolute atomic E-state index is 12.1. The van der Waals surface area contributed by atoms with Crippen molar-refractivity contribution in [3.8, 4) is 0 Å². The summed E-state index contributed by atoms with van der Waals surface area (Å²) in [5.41, 5.74) is 1.11. The van der Waals surface area contributed by atoms with Gasteiger partial charge in [0.25, 0.3) is 5.91 Å². The topological polar surface area (TPSA) is 33.5 Å². The lowest BCUT2D eigenvalue weighted by atomic mass is 10.1. The fourth-order valence-corrected chi connectivity index (χ4v) is 1.71. The zero-order valence-electron chi connectivity index (χ0n) is 9.96. The number of benzene rings is 1. The Morgan fingerprint density at radius 1 is 1.18 bits per heavy atom. The van der Waals surface area contributed by atoms with Gasteiger partial charge < -0.3 is 9.32 Å². The Hall–Kier alpha value is -2.03. The molecular weight excluding hydrogens is 214 g/mol. The van der Waals surface area contributed by atoms with E-state index in [4.69, 9.17) is 4.42 Å². The molecule has 2 rings (SSSR count). The van der Waals surface area contributed by atoms with E-state index in [0.717, 1.165) is 5.56 Å². The van der Waals surface area contributed by atoms with Crippen LogP contribution in [0.2, 0.25) is 0 Å². The zero-order valence-corrected chi connectivity index (χ0v) is 9.96. The van der Waals surface area contributed by atoms with E-state index in [2.05, 4.69) is 0 Å². The molecule has 0 aliphatic heterocycles. The van der Waals surface area contributed by atoms with Gasteiger partial charge in [0.05, 0.1) is 12.3 Å². The summed E-state index contributed by atoms with van der Waals surface area (Å²) < 4.78 is 5.11. The molecule has 2 aromatic rings. The van der Waals surface area contributed by atoms with E-state index in [9.17, 15) is 4.79 Å². The predicted molar refractivity (Wildman–Crippen MR) is 65.7 cm³/mol. The third kappa shape index (κ3) is 2.38. The highest BCUT2D eigenvalue weighted by Crippen LogP contribution is 2.20. The average molecular weight is 229 g/mol. The van der Waals surface area contributed by atoms with Crippen molar-refractivity contribution in [2.45, 2.75) is 13.0 Å². The molecule has 0 spiro atoms.